The van der Waals surface area contributed by atoms with E-state index in [1.807, 2.05) is 6.92 Å². The monoisotopic (exact) mass is 197 g/mol. The first-order valence-electron chi connectivity index (χ1n) is 6.08. The van der Waals surface area contributed by atoms with Crippen LogP contribution in [0.1, 0.15) is 39.5 Å². The van der Waals surface area contributed by atoms with Crippen LogP contribution in [0.5, 0.6) is 0 Å². The molecule has 0 amide bonds. The zero-order chi connectivity index (χ0) is 10.3. The molecule has 0 aromatic heterocycles. The predicted molar refractivity (Wildman–Crippen MR) is 57.8 cm³/mol. The topological polar surface area (TPSA) is 46.2 Å². The molecule has 2 bridgehead atoms. The molecule has 0 aromatic rings. The minimum atomic E-state index is -0.290. The summed E-state index contributed by atoms with van der Waals surface area (Å²) in [6.07, 6.45) is 4.63. The van der Waals surface area contributed by atoms with Crippen molar-refractivity contribution in [3.05, 3.63) is 0 Å². The van der Waals surface area contributed by atoms with E-state index in [0.717, 1.165) is 24.2 Å². The van der Waals surface area contributed by atoms with E-state index >= 15 is 0 Å². The molecule has 2 aliphatic carbocycles. The molecule has 82 valence electrons. The van der Waals surface area contributed by atoms with Gasteiger partial charge in [-0.15, -0.1) is 0 Å². The first-order valence-corrected chi connectivity index (χ1v) is 6.08. The van der Waals surface area contributed by atoms with Gasteiger partial charge in [0.2, 0.25) is 0 Å². The average Bonchev–Trinajstić information content (AvgIpc) is 2.75. The molecule has 2 nitrogen and oxygen atoms in total. The fourth-order valence-electron chi connectivity index (χ4n) is 3.82. The SMILES string of the molecule is CCC(O)C(N)[C@H]1C2CCC(C2)[C@H]1C. The first-order chi connectivity index (χ1) is 6.65. The fourth-order valence-corrected chi connectivity index (χ4v) is 3.82. The van der Waals surface area contributed by atoms with Crippen molar-refractivity contribution < 1.29 is 5.11 Å². The van der Waals surface area contributed by atoms with Crippen LogP contribution in [0.3, 0.4) is 0 Å². The summed E-state index contributed by atoms with van der Waals surface area (Å²) in [4.78, 5) is 0. The number of aliphatic hydroxyl groups excluding tert-OH is 1. The van der Waals surface area contributed by atoms with Crippen molar-refractivity contribution in [3.63, 3.8) is 0 Å². The molecule has 2 fully saturated rings. The number of aliphatic hydroxyl groups is 1. The van der Waals surface area contributed by atoms with Gasteiger partial charge in [-0.2, -0.15) is 0 Å². The second kappa shape index (κ2) is 3.82. The van der Waals surface area contributed by atoms with Crippen LogP contribution >= 0.6 is 0 Å². The fraction of sp³-hybridized carbons (Fsp3) is 1.00. The van der Waals surface area contributed by atoms with E-state index in [0.29, 0.717) is 5.92 Å². The summed E-state index contributed by atoms with van der Waals surface area (Å²) in [7, 11) is 0. The second-order valence-corrected chi connectivity index (χ2v) is 5.32. The first kappa shape index (κ1) is 10.4. The van der Waals surface area contributed by atoms with Crippen LogP contribution in [-0.4, -0.2) is 17.3 Å². The number of nitrogens with two attached hydrogens (primary N) is 1. The van der Waals surface area contributed by atoms with Gasteiger partial charge in [-0.05, 0) is 49.4 Å². The summed E-state index contributed by atoms with van der Waals surface area (Å²) in [6, 6.07) is 0.0188. The lowest BCUT2D eigenvalue weighted by atomic mass is 9.75. The van der Waals surface area contributed by atoms with Crippen molar-refractivity contribution in [3.8, 4) is 0 Å². The summed E-state index contributed by atoms with van der Waals surface area (Å²) in [6.45, 7) is 4.35. The average molecular weight is 197 g/mol. The maximum atomic E-state index is 9.81. The molecule has 6 atom stereocenters. The Morgan fingerprint density at radius 2 is 2.00 bits per heavy atom. The molecule has 2 rings (SSSR count). The third-order valence-electron chi connectivity index (χ3n) is 4.72. The van der Waals surface area contributed by atoms with E-state index < -0.39 is 0 Å². The van der Waals surface area contributed by atoms with Gasteiger partial charge in [-0.1, -0.05) is 13.8 Å². The van der Waals surface area contributed by atoms with Crippen molar-refractivity contribution in [1.82, 2.24) is 0 Å². The summed E-state index contributed by atoms with van der Waals surface area (Å²) in [5.74, 6) is 3.04. The van der Waals surface area contributed by atoms with Crippen LogP contribution in [0.2, 0.25) is 0 Å². The van der Waals surface area contributed by atoms with E-state index in [-0.39, 0.29) is 12.1 Å². The molecule has 2 saturated carbocycles. The maximum absolute atomic E-state index is 9.81. The number of hydrogen-bond acceptors (Lipinski definition) is 2. The normalized spacial score (nSPS) is 45.4. The van der Waals surface area contributed by atoms with Crippen LogP contribution in [0.25, 0.3) is 0 Å². The van der Waals surface area contributed by atoms with Crippen molar-refractivity contribution >= 4 is 0 Å². The Bertz CT molecular complexity index is 204. The molecule has 4 unspecified atom stereocenters. The molecule has 14 heavy (non-hydrogen) atoms. The van der Waals surface area contributed by atoms with E-state index in [4.69, 9.17) is 5.73 Å². The standard InChI is InChI=1S/C12H23NO/c1-3-10(14)12(13)11-7(2)8-4-5-9(11)6-8/h7-12,14H,3-6,13H2,1-2H3/t7-,8?,9?,10?,11-,12?/m1/s1. The quantitative estimate of drug-likeness (QED) is 0.724. The minimum absolute atomic E-state index is 0.0188. The summed E-state index contributed by atoms with van der Waals surface area (Å²) >= 11 is 0. The molecule has 2 heteroatoms. The molecule has 0 heterocycles. The van der Waals surface area contributed by atoms with Crippen molar-refractivity contribution in [2.75, 3.05) is 0 Å². The largest absolute Gasteiger partial charge is 0.392 e. The van der Waals surface area contributed by atoms with E-state index in [2.05, 4.69) is 6.92 Å². The highest BCUT2D eigenvalue weighted by molar-refractivity contribution is 4.99. The van der Waals surface area contributed by atoms with Gasteiger partial charge in [-0.3, -0.25) is 0 Å². The third-order valence-corrected chi connectivity index (χ3v) is 4.72. The molecule has 3 N–H and O–H groups in total. The summed E-state index contributed by atoms with van der Waals surface area (Å²) < 4.78 is 0. The highest BCUT2D eigenvalue weighted by Crippen LogP contribution is 2.53. The lowest BCUT2D eigenvalue weighted by Crippen LogP contribution is -2.45. The number of rotatable bonds is 3. The molecule has 0 spiro atoms. The van der Waals surface area contributed by atoms with Crippen LogP contribution < -0.4 is 5.73 Å². The van der Waals surface area contributed by atoms with Crippen molar-refractivity contribution in [2.45, 2.75) is 51.7 Å². The molecule has 0 radical (unpaired) electrons. The van der Waals surface area contributed by atoms with Crippen LogP contribution in [-0.2, 0) is 0 Å². The maximum Gasteiger partial charge on any atom is 0.0691 e. The van der Waals surface area contributed by atoms with Gasteiger partial charge in [-0.25, -0.2) is 0 Å². The van der Waals surface area contributed by atoms with Gasteiger partial charge in [0.05, 0.1) is 6.10 Å². The van der Waals surface area contributed by atoms with Crippen LogP contribution in [0.4, 0.5) is 0 Å². The van der Waals surface area contributed by atoms with E-state index in [1.54, 1.807) is 0 Å². The summed E-state index contributed by atoms with van der Waals surface area (Å²) in [5, 5.41) is 9.81. The van der Waals surface area contributed by atoms with Gasteiger partial charge in [0.15, 0.2) is 0 Å². The Hall–Kier alpha value is -0.0800. The molecule has 2 aliphatic rings. The molecular weight excluding hydrogens is 174 g/mol. The Morgan fingerprint density at radius 1 is 1.36 bits per heavy atom. The molecule has 0 aliphatic heterocycles. The number of hydrogen-bond donors (Lipinski definition) is 2. The Kier molecular flexibility index (Phi) is 2.85. The Balaban J connectivity index is 2.04. The highest BCUT2D eigenvalue weighted by atomic mass is 16.3. The zero-order valence-corrected chi connectivity index (χ0v) is 9.32. The Morgan fingerprint density at radius 3 is 2.50 bits per heavy atom. The molecule has 0 aromatic carbocycles. The highest BCUT2D eigenvalue weighted by Gasteiger charge is 2.48. The molecular formula is C12H23NO. The van der Waals surface area contributed by atoms with Crippen LogP contribution in [0, 0.1) is 23.7 Å². The van der Waals surface area contributed by atoms with Crippen molar-refractivity contribution in [1.29, 1.82) is 0 Å². The van der Waals surface area contributed by atoms with Crippen molar-refractivity contribution in [2.24, 2.45) is 29.4 Å². The van der Waals surface area contributed by atoms with Crippen LogP contribution in [0.15, 0.2) is 0 Å². The lowest BCUT2D eigenvalue weighted by Gasteiger charge is -2.35. The van der Waals surface area contributed by atoms with E-state index in [9.17, 15) is 5.11 Å². The van der Waals surface area contributed by atoms with Gasteiger partial charge in [0, 0.05) is 6.04 Å². The minimum Gasteiger partial charge on any atom is -0.392 e. The molecule has 0 saturated heterocycles. The summed E-state index contributed by atoms with van der Waals surface area (Å²) in [5.41, 5.74) is 6.16. The lowest BCUT2D eigenvalue weighted by molar-refractivity contribution is 0.0747. The van der Waals surface area contributed by atoms with Gasteiger partial charge in [0.1, 0.15) is 0 Å². The predicted octanol–water partition coefficient (Wildman–Crippen LogP) is 1.77. The Labute approximate surface area is 86.9 Å². The van der Waals surface area contributed by atoms with Gasteiger partial charge < -0.3 is 10.8 Å². The second-order valence-electron chi connectivity index (χ2n) is 5.32. The third kappa shape index (κ3) is 1.49. The van der Waals surface area contributed by atoms with Gasteiger partial charge in [0.25, 0.3) is 0 Å². The smallest absolute Gasteiger partial charge is 0.0691 e. The van der Waals surface area contributed by atoms with Gasteiger partial charge >= 0.3 is 0 Å². The number of fused-ring (bicyclic) bond motifs is 2. The van der Waals surface area contributed by atoms with E-state index in [1.165, 1.54) is 19.3 Å². The zero-order valence-electron chi connectivity index (χ0n) is 9.32.